The largest absolute Gasteiger partial charge is 0.394 e. The van der Waals surface area contributed by atoms with Crippen LogP contribution in [0.4, 0.5) is 0 Å². The van der Waals surface area contributed by atoms with Gasteiger partial charge < -0.3 is 14.9 Å². The van der Waals surface area contributed by atoms with Crippen LogP contribution in [-0.2, 0) is 4.74 Å². The van der Waals surface area contributed by atoms with E-state index < -0.39 is 11.7 Å². The summed E-state index contributed by atoms with van der Waals surface area (Å²) in [6, 6.07) is 0. The van der Waals surface area contributed by atoms with Gasteiger partial charge in [-0.1, -0.05) is 5.92 Å². The first-order valence-corrected chi connectivity index (χ1v) is 3.15. The summed E-state index contributed by atoms with van der Waals surface area (Å²) in [7, 11) is 0. The Labute approximate surface area is 59.6 Å². The summed E-state index contributed by atoms with van der Waals surface area (Å²) >= 11 is 0. The van der Waals surface area contributed by atoms with Crippen molar-refractivity contribution in [3.05, 3.63) is 0 Å². The van der Waals surface area contributed by atoms with Crippen LogP contribution in [0.2, 0.25) is 0 Å². The Kier molecular flexibility index (Phi) is 1.95. The fraction of sp³-hybridized carbons (Fsp3) is 0.714. The van der Waals surface area contributed by atoms with Crippen molar-refractivity contribution < 1.29 is 14.9 Å². The van der Waals surface area contributed by atoms with Crippen LogP contribution in [0.3, 0.4) is 0 Å². The average Bonchev–Trinajstić information content (AvgIpc) is 2.32. The van der Waals surface area contributed by atoms with E-state index in [0.29, 0.717) is 13.0 Å². The minimum absolute atomic E-state index is 0.222. The number of hydrogen-bond donors (Lipinski definition) is 2. The molecule has 0 amide bonds. The molecule has 0 aromatic heterocycles. The van der Waals surface area contributed by atoms with Gasteiger partial charge in [-0.15, -0.1) is 6.42 Å². The molecule has 56 valence electrons. The van der Waals surface area contributed by atoms with Gasteiger partial charge in [-0.2, -0.15) is 0 Å². The standard InChI is InChI=1S/C7H10O3/c1-2-7(9)3-4-10-6(7)5-8/h1,6,8-9H,3-5H2/t6-,7+/m1/s1. The molecule has 0 bridgehead atoms. The van der Waals surface area contributed by atoms with Gasteiger partial charge in [0.05, 0.1) is 13.2 Å². The molecule has 1 fully saturated rings. The van der Waals surface area contributed by atoms with Gasteiger partial charge >= 0.3 is 0 Å². The van der Waals surface area contributed by atoms with Gasteiger partial charge in [0.15, 0.2) is 5.60 Å². The van der Waals surface area contributed by atoms with E-state index in [9.17, 15) is 5.11 Å². The van der Waals surface area contributed by atoms with E-state index in [1.807, 2.05) is 0 Å². The molecule has 1 heterocycles. The summed E-state index contributed by atoms with van der Waals surface area (Å²) in [5, 5.41) is 18.1. The Bertz CT molecular complexity index is 161. The van der Waals surface area contributed by atoms with Gasteiger partial charge in [-0.3, -0.25) is 0 Å². The minimum atomic E-state index is -1.24. The lowest BCUT2D eigenvalue weighted by Gasteiger charge is -2.20. The first-order chi connectivity index (χ1) is 4.73. The summed E-state index contributed by atoms with van der Waals surface area (Å²) in [6.45, 7) is 0.201. The number of aliphatic hydroxyl groups is 2. The molecule has 1 aliphatic rings. The van der Waals surface area contributed by atoms with Crippen molar-refractivity contribution >= 4 is 0 Å². The Balaban J connectivity index is 2.68. The second kappa shape index (κ2) is 2.59. The van der Waals surface area contributed by atoms with Crippen LogP contribution in [0.1, 0.15) is 6.42 Å². The van der Waals surface area contributed by atoms with Gasteiger partial charge in [-0.25, -0.2) is 0 Å². The van der Waals surface area contributed by atoms with Crippen molar-refractivity contribution in [2.24, 2.45) is 0 Å². The van der Waals surface area contributed by atoms with Crippen LogP contribution in [0.5, 0.6) is 0 Å². The molecule has 1 saturated heterocycles. The Morgan fingerprint density at radius 2 is 2.50 bits per heavy atom. The molecule has 0 aromatic carbocycles. The van der Waals surface area contributed by atoms with Crippen LogP contribution in [0.15, 0.2) is 0 Å². The van der Waals surface area contributed by atoms with Crippen molar-refractivity contribution in [3.8, 4) is 12.3 Å². The van der Waals surface area contributed by atoms with Crippen molar-refractivity contribution in [3.63, 3.8) is 0 Å². The summed E-state index contributed by atoms with van der Waals surface area (Å²) < 4.78 is 4.97. The molecule has 10 heavy (non-hydrogen) atoms. The van der Waals surface area contributed by atoms with Gasteiger partial charge in [0.25, 0.3) is 0 Å². The molecule has 0 radical (unpaired) electrons. The van der Waals surface area contributed by atoms with Crippen LogP contribution in [0, 0.1) is 12.3 Å². The molecule has 0 saturated carbocycles. The smallest absolute Gasteiger partial charge is 0.155 e. The van der Waals surface area contributed by atoms with Crippen molar-refractivity contribution in [2.45, 2.75) is 18.1 Å². The maximum atomic E-state index is 9.44. The molecular weight excluding hydrogens is 132 g/mol. The molecule has 2 atom stereocenters. The third-order valence-electron chi connectivity index (χ3n) is 1.75. The molecule has 1 aliphatic heterocycles. The summed E-state index contributed by atoms with van der Waals surface area (Å²) in [5.74, 6) is 2.21. The quantitative estimate of drug-likeness (QED) is 0.468. The Hall–Kier alpha value is -0.560. The fourth-order valence-corrected chi connectivity index (χ4v) is 1.02. The first kappa shape index (κ1) is 7.55. The third-order valence-corrected chi connectivity index (χ3v) is 1.75. The molecule has 0 unspecified atom stereocenters. The minimum Gasteiger partial charge on any atom is -0.394 e. The molecule has 2 N–H and O–H groups in total. The molecule has 3 nitrogen and oxygen atoms in total. The second-order valence-corrected chi connectivity index (χ2v) is 2.36. The summed E-state index contributed by atoms with van der Waals surface area (Å²) in [5.41, 5.74) is -1.24. The number of aliphatic hydroxyl groups excluding tert-OH is 1. The van der Waals surface area contributed by atoms with E-state index in [0.717, 1.165) is 0 Å². The number of hydrogen-bond acceptors (Lipinski definition) is 3. The normalized spacial score (nSPS) is 39.5. The molecule has 3 heteroatoms. The van der Waals surface area contributed by atoms with Gasteiger partial charge in [0.2, 0.25) is 0 Å². The molecule has 0 aliphatic carbocycles. The highest BCUT2D eigenvalue weighted by Gasteiger charge is 2.40. The van der Waals surface area contributed by atoms with Crippen LogP contribution in [0.25, 0.3) is 0 Å². The van der Waals surface area contributed by atoms with E-state index in [-0.39, 0.29) is 6.61 Å². The van der Waals surface area contributed by atoms with Crippen LogP contribution >= 0.6 is 0 Å². The number of ether oxygens (including phenoxy) is 1. The first-order valence-electron chi connectivity index (χ1n) is 3.15. The van der Waals surface area contributed by atoms with E-state index >= 15 is 0 Å². The summed E-state index contributed by atoms with van der Waals surface area (Å²) in [4.78, 5) is 0. The topological polar surface area (TPSA) is 49.7 Å². The lowest BCUT2D eigenvalue weighted by atomic mass is 9.97. The Morgan fingerprint density at radius 1 is 1.80 bits per heavy atom. The third kappa shape index (κ3) is 1.01. The monoisotopic (exact) mass is 142 g/mol. The van der Waals surface area contributed by atoms with E-state index in [4.69, 9.17) is 16.3 Å². The van der Waals surface area contributed by atoms with Crippen molar-refractivity contribution in [2.75, 3.05) is 13.2 Å². The second-order valence-electron chi connectivity index (χ2n) is 2.36. The lowest BCUT2D eigenvalue weighted by molar-refractivity contribution is -0.0285. The highest BCUT2D eigenvalue weighted by molar-refractivity contribution is 5.13. The highest BCUT2D eigenvalue weighted by atomic mass is 16.5. The fourth-order valence-electron chi connectivity index (χ4n) is 1.02. The zero-order valence-corrected chi connectivity index (χ0v) is 5.58. The average molecular weight is 142 g/mol. The molecular formula is C7H10O3. The van der Waals surface area contributed by atoms with Crippen LogP contribution < -0.4 is 0 Å². The maximum Gasteiger partial charge on any atom is 0.155 e. The van der Waals surface area contributed by atoms with Crippen molar-refractivity contribution in [1.82, 2.24) is 0 Å². The lowest BCUT2D eigenvalue weighted by Crippen LogP contribution is -2.38. The molecule has 1 rings (SSSR count). The molecule has 0 spiro atoms. The highest BCUT2D eigenvalue weighted by Crippen LogP contribution is 2.24. The van der Waals surface area contributed by atoms with Gasteiger partial charge in [0.1, 0.15) is 6.10 Å². The number of terminal acetylenes is 1. The van der Waals surface area contributed by atoms with Crippen molar-refractivity contribution in [1.29, 1.82) is 0 Å². The predicted octanol–water partition coefficient (Wildman–Crippen LogP) is -0.868. The van der Waals surface area contributed by atoms with E-state index in [2.05, 4.69) is 5.92 Å². The maximum absolute atomic E-state index is 9.44. The zero-order valence-electron chi connectivity index (χ0n) is 5.58. The Morgan fingerprint density at radius 3 is 2.90 bits per heavy atom. The van der Waals surface area contributed by atoms with Crippen LogP contribution in [-0.4, -0.2) is 35.1 Å². The van der Waals surface area contributed by atoms with Gasteiger partial charge in [0, 0.05) is 6.42 Å². The SMILES string of the molecule is C#C[C@]1(O)CCO[C@@H]1CO. The summed E-state index contributed by atoms with van der Waals surface area (Å²) in [6.07, 6.45) is 4.85. The predicted molar refractivity (Wildman–Crippen MR) is 35.2 cm³/mol. The van der Waals surface area contributed by atoms with E-state index in [1.165, 1.54) is 0 Å². The van der Waals surface area contributed by atoms with E-state index in [1.54, 1.807) is 0 Å². The zero-order chi connectivity index (χ0) is 7.61. The molecule has 0 aromatic rings. The van der Waals surface area contributed by atoms with Gasteiger partial charge in [-0.05, 0) is 0 Å². The number of rotatable bonds is 1.